The Kier molecular flexibility index (Phi) is 5.32. The number of nitrogens with one attached hydrogen (secondary N) is 1. The zero-order valence-electron chi connectivity index (χ0n) is 15.6. The van der Waals surface area contributed by atoms with Crippen LogP contribution in [0.2, 0.25) is 0 Å². The number of aromatic hydroxyl groups is 1. The monoisotopic (exact) mass is 377 g/mol. The van der Waals surface area contributed by atoms with E-state index in [9.17, 15) is 9.90 Å². The van der Waals surface area contributed by atoms with Crippen LogP contribution in [0.15, 0.2) is 48.8 Å². The summed E-state index contributed by atoms with van der Waals surface area (Å²) in [6, 6.07) is 11.9. The SMILES string of the molecule is O=C(NC1CCc2nnc(CCc3ccccc3)n2CC1)c1cncc(O)c1. The number of fused-ring (bicyclic) bond motifs is 1. The average molecular weight is 377 g/mol. The van der Waals surface area contributed by atoms with E-state index in [0.29, 0.717) is 5.56 Å². The van der Waals surface area contributed by atoms with E-state index in [1.165, 1.54) is 24.0 Å². The molecule has 0 aliphatic carbocycles. The molecule has 0 bridgehead atoms. The molecule has 144 valence electrons. The second-order valence-electron chi connectivity index (χ2n) is 7.10. The van der Waals surface area contributed by atoms with Gasteiger partial charge in [0.25, 0.3) is 5.91 Å². The molecule has 1 aromatic carbocycles. The average Bonchev–Trinajstić information content (AvgIpc) is 3.00. The van der Waals surface area contributed by atoms with E-state index in [1.54, 1.807) is 0 Å². The fraction of sp³-hybridized carbons (Fsp3) is 0.333. The number of pyridine rings is 1. The summed E-state index contributed by atoms with van der Waals surface area (Å²) in [7, 11) is 0. The Morgan fingerprint density at radius 2 is 2.00 bits per heavy atom. The van der Waals surface area contributed by atoms with Crippen LogP contribution in [-0.4, -0.2) is 36.8 Å². The molecular formula is C21H23N5O2. The first kappa shape index (κ1) is 18.2. The highest BCUT2D eigenvalue weighted by atomic mass is 16.3. The molecule has 1 amide bonds. The minimum Gasteiger partial charge on any atom is -0.506 e. The fourth-order valence-electron chi connectivity index (χ4n) is 3.60. The molecule has 0 saturated carbocycles. The van der Waals surface area contributed by atoms with Crippen LogP contribution in [0, 0.1) is 0 Å². The Labute approximate surface area is 163 Å². The topological polar surface area (TPSA) is 92.9 Å². The summed E-state index contributed by atoms with van der Waals surface area (Å²) in [6.45, 7) is 0.787. The highest BCUT2D eigenvalue weighted by Gasteiger charge is 2.22. The molecule has 2 N–H and O–H groups in total. The second kappa shape index (κ2) is 8.21. The number of aryl methyl sites for hydroxylation is 3. The minimum absolute atomic E-state index is 0.0113. The first-order chi connectivity index (χ1) is 13.7. The highest BCUT2D eigenvalue weighted by Crippen LogP contribution is 2.17. The maximum atomic E-state index is 12.4. The van der Waals surface area contributed by atoms with E-state index < -0.39 is 0 Å². The molecule has 0 spiro atoms. The third-order valence-corrected chi connectivity index (χ3v) is 5.12. The smallest absolute Gasteiger partial charge is 0.253 e. The maximum Gasteiger partial charge on any atom is 0.253 e. The molecule has 28 heavy (non-hydrogen) atoms. The Hall–Kier alpha value is -3.22. The number of carbonyl (C=O) groups is 1. The van der Waals surface area contributed by atoms with Crippen LogP contribution >= 0.6 is 0 Å². The van der Waals surface area contributed by atoms with Crippen molar-refractivity contribution in [2.24, 2.45) is 0 Å². The van der Waals surface area contributed by atoms with E-state index in [2.05, 4.69) is 49.3 Å². The summed E-state index contributed by atoms with van der Waals surface area (Å²) in [5.74, 6) is 1.76. The molecule has 2 aromatic heterocycles. The third kappa shape index (κ3) is 4.19. The Morgan fingerprint density at radius 1 is 1.14 bits per heavy atom. The van der Waals surface area contributed by atoms with Gasteiger partial charge in [0.15, 0.2) is 0 Å². The molecule has 3 aromatic rings. The molecule has 1 aliphatic rings. The van der Waals surface area contributed by atoms with Gasteiger partial charge in [0, 0.05) is 31.6 Å². The summed E-state index contributed by atoms with van der Waals surface area (Å²) in [5, 5.41) is 21.3. The number of hydrogen-bond donors (Lipinski definition) is 2. The molecule has 7 heteroatoms. The van der Waals surface area contributed by atoms with Gasteiger partial charge in [-0.05, 0) is 30.9 Å². The summed E-state index contributed by atoms with van der Waals surface area (Å²) < 4.78 is 2.20. The molecular weight excluding hydrogens is 354 g/mol. The molecule has 4 rings (SSSR count). The molecule has 3 heterocycles. The molecule has 1 aliphatic heterocycles. The number of rotatable bonds is 5. The number of benzene rings is 1. The van der Waals surface area contributed by atoms with E-state index in [0.717, 1.165) is 50.3 Å². The van der Waals surface area contributed by atoms with Gasteiger partial charge in [0.1, 0.15) is 17.4 Å². The van der Waals surface area contributed by atoms with Crippen molar-refractivity contribution in [1.82, 2.24) is 25.1 Å². The van der Waals surface area contributed by atoms with Crippen molar-refractivity contribution in [2.45, 2.75) is 44.7 Å². The lowest BCUT2D eigenvalue weighted by atomic mass is 10.1. The summed E-state index contributed by atoms with van der Waals surface area (Å²) in [4.78, 5) is 16.3. The van der Waals surface area contributed by atoms with Crippen LogP contribution in [0.5, 0.6) is 5.75 Å². The van der Waals surface area contributed by atoms with Gasteiger partial charge < -0.3 is 15.0 Å². The quantitative estimate of drug-likeness (QED) is 0.712. The lowest BCUT2D eigenvalue weighted by Crippen LogP contribution is -2.35. The summed E-state index contributed by atoms with van der Waals surface area (Å²) in [5.41, 5.74) is 1.66. The lowest BCUT2D eigenvalue weighted by Gasteiger charge is -2.16. The number of nitrogens with zero attached hydrogens (tertiary/aromatic N) is 4. The highest BCUT2D eigenvalue weighted by molar-refractivity contribution is 5.94. The van der Waals surface area contributed by atoms with Crippen molar-refractivity contribution in [1.29, 1.82) is 0 Å². The number of carbonyl (C=O) groups excluding carboxylic acids is 1. The Bertz CT molecular complexity index is 954. The number of amides is 1. The normalized spacial score (nSPS) is 16.2. The van der Waals surface area contributed by atoms with Crippen LogP contribution < -0.4 is 5.32 Å². The van der Waals surface area contributed by atoms with E-state index in [-0.39, 0.29) is 17.7 Å². The Morgan fingerprint density at radius 3 is 2.82 bits per heavy atom. The first-order valence-electron chi connectivity index (χ1n) is 9.59. The van der Waals surface area contributed by atoms with Crippen molar-refractivity contribution in [2.75, 3.05) is 0 Å². The van der Waals surface area contributed by atoms with Crippen molar-refractivity contribution < 1.29 is 9.90 Å². The van der Waals surface area contributed by atoms with E-state index >= 15 is 0 Å². The van der Waals surface area contributed by atoms with Gasteiger partial charge in [-0.2, -0.15) is 0 Å². The van der Waals surface area contributed by atoms with Crippen LogP contribution in [0.3, 0.4) is 0 Å². The fourth-order valence-corrected chi connectivity index (χ4v) is 3.60. The summed E-state index contributed by atoms with van der Waals surface area (Å²) >= 11 is 0. The van der Waals surface area contributed by atoms with Crippen molar-refractivity contribution in [3.63, 3.8) is 0 Å². The van der Waals surface area contributed by atoms with Gasteiger partial charge in [-0.1, -0.05) is 30.3 Å². The molecule has 1 unspecified atom stereocenters. The predicted octanol–water partition coefficient (Wildman–Crippen LogP) is 2.30. The molecule has 1 atom stereocenters. The second-order valence-corrected chi connectivity index (χ2v) is 7.10. The van der Waals surface area contributed by atoms with Crippen molar-refractivity contribution in [3.8, 4) is 5.75 Å². The molecule has 0 fully saturated rings. The van der Waals surface area contributed by atoms with Gasteiger partial charge >= 0.3 is 0 Å². The standard InChI is InChI=1S/C21H23N5O2/c27-18-12-16(13-22-14-18)21(28)23-17-7-9-20-25-24-19(26(20)11-10-17)8-6-15-4-2-1-3-5-15/h1-5,12-14,17,27H,6-11H2,(H,23,28). The third-order valence-electron chi connectivity index (χ3n) is 5.12. The zero-order chi connectivity index (χ0) is 19.3. The van der Waals surface area contributed by atoms with E-state index in [1.807, 2.05) is 6.07 Å². The number of hydrogen-bond acceptors (Lipinski definition) is 5. The molecule has 0 saturated heterocycles. The maximum absolute atomic E-state index is 12.4. The first-order valence-corrected chi connectivity index (χ1v) is 9.59. The zero-order valence-corrected chi connectivity index (χ0v) is 15.6. The lowest BCUT2D eigenvalue weighted by molar-refractivity contribution is 0.0932. The predicted molar refractivity (Wildman–Crippen MR) is 104 cm³/mol. The van der Waals surface area contributed by atoms with Crippen molar-refractivity contribution >= 4 is 5.91 Å². The van der Waals surface area contributed by atoms with Gasteiger partial charge in [0.05, 0.1) is 11.8 Å². The minimum atomic E-state index is -0.213. The molecule has 0 radical (unpaired) electrons. The van der Waals surface area contributed by atoms with Crippen LogP contribution in [0.25, 0.3) is 0 Å². The van der Waals surface area contributed by atoms with Gasteiger partial charge in [-0.3, -0.25) is 9.78 Å². The Balaban J connectivity index is 1.37. The van der Waals surface area contributed by atoms with E-state index in [4.69, 9.17) is 0 Å². The number of aromatic nitrogens is 4. The van der Waals surface area contributed by atoms with Gasteiger partial charge in [-0.15, -0.1) is 10.2 Å². The van der Waals surface area contributed by atoms with Gasteiger partial charge in [0.2, 0.25) is 0 Å². The van der Waals surface area contributed by atoms with Crippen LogP contribution in [-0.2, 0) is 25.8 Å². The van der Waals surface area contributed by atoms with Crippen LogP contribution in [0.4, 0.5) is 0 Å². The molecule has 7 nitrogen and oxygen atoms in total. The summed E-state index contributed by atoms with van der Waals surface area (Å²) in [6.07, 6.45) is 6.97. The largest absolute Gasteiger partial charge is 0.506 e. The van der Waals surface area contributed by atoms with Crippen molar-refractivity contribution in [3.05, 3.63) is 71.6 Å². The van der Waals surface area contributed by atoms with Crippen LogP contribution in [0.1, 0.15) is 40.4 Å². The van der Waals surface area contributed by atoms with Gasteiger partial charge in [-0.25, -0.2) is 0 Å².